The lowest BCUT2D eigenvalue weighted by molar-refractivity contribution is -0.120. The van der Waals surface area contributed by atoms with Crippen LogP contribution in [0.5, 0.6) is 0 Å². The highest BCUT2D eigenvalue weighted by molar-refractivity contribution is 5.97. The third-order valence-electron chi connectivity index (χ3n) is 2.46. The molecule has 5 nitrogen and oxygen atoms in total. The molecule has 3 amide bonds. The predicted molar refractivity (Wildman–Crippen MR) is 71.6 cm³/mol. The maximum atomic E-state index is 11.7. The van der Waals surface area contributed by atoms with Gasteiger partial charge in [0.15, 0.2) is 0 Å². The van der Waals surface area contributed by atoms with E-state index in [-0.39, 0.29) is 5.91 Å². The number of aryl methyl sites for hydroxylation is 2. The fourth-order valence-corrected chi connectivity index (χ4v) is 1.66. The molecule has 1 aromatic carbocycles. The van der Waals surface area contributed by atoms with E-state index >= 15 is 0 Å². The van der Waals surface area contributed by atoms with Crippen molar-refractivity contribution in [2.24, 2.45) is 0 Å². The first-order chi connectivity index (χ1) is 8.42. The van der Waals surface area contributed by atoms with Crippen molar-refractivity contribution in [3.63, 3.8) is 0 Å². The summed E-state index contributed by atoms with van der Waals surface area (Å²) in [6.45, 7) is 5.69. The van der Waals surface area contributed by atoms with E-state index in [4.69, 9.17) is 0 Å². The number of carbonyl (C=O) groups excluding carboxylic acids is 2. The molecule has 5 heteroatoms. The number of benzene rings is 1. The van der Waals surface area contributed by atoms with Crippen molar-refractivity contribution in [1.82, 2.24) is 10.6 Å². The van der Waals surface area contributed by atoms with E-state index in [1.54, 1.807) is 6.92 Å². The highest BCUT2D eigenvalue weighted by Gasteiger charge is 2.14. The van der Waals surface area contributed by atoms with E-state index in [2.05, 4.69) is 22.0 Å². The molecule has 0 fully saturated rings. The number of hydrogen-bond donors (Lipinski definition) is 3. The molecular weight excluding hydrogens is 230 g/mol. The average Bonchev–Trinajstić information content (AvgIpc) is 2.27. The van der Waals surface area contributed by atoms with Gasteiger partial charge < -0.3 is 10.6 Å². The average molecular weight is 249 g/mol. The Balaban J connectivity index is 2.66. The smallest absolute Gasteiger partial charge is 0.321 e. The molecule has 0 bridgehead atoms. The molecule has 0 aliphatic rings. The summed E-state index contributed by atoms with van der Waals surface area (Å²) in [6.07, 6.45) is 0. The SMILES string of the molecule is CNC(=O)NC(=O)C(C)Nc1cc(C)cc(C)c1. The first-order valence-electron chi connectivity index (χ1n) is 5.79. The molecule has 0 heterocycles. The van der Waals surface area contributed by atoms with Crippen LogP contribution in [0.1, 0.15) is 18.1 Å². The zero-order chi connectivity index (χ0) is 13.7. The van der Waals surface area contributed by atoms with Gasteiger partial charge in [-0.3, -0.25) is 10.1 Å². The molecule has 98 valence electrons. The fourth-order valence-electron chi connectivity index (χ4n) is 1.66. The van der Waals surface area contributed by atoms with Gasteiger partial charge in [0.05, 0.1) is 0 Å². The molecule has 18 heavy (non-hydrogen) atoms. The van der Waals surface area contributed by atoms with Crippen molar-refractivity contribution in [3.05, 3.63) is 29.3 Å². The van der Waals surface area contributed by atoms with Gasteiger partial charge in [-0.1, -0.05) is 6.07 Å². The number of rotatable bonds is 3. The van der Waals surface area contributed by atoms with Gasteiger partial charge in [0.2, 0.25) is 5.91 Å². The van der Waals surface area contributed by atoms with Crippen LogP contribution in [0.2, 0.25) is 0 Å². The summed E-state index contributed by atoms with van der Waals surface area (Å²) in [5.41, 5.74) is 3.11. The Hall–Kier alpha value is -2.04. The van der Waals surface area contributed by atoms with Crippen molar-refractivity contribution in [2.45, 2.75) is 26.8 Å². The first-order valence-corrected chi connectivity index (χ1v) is 5.79. The third-order valence-corrected chi connectivity index (χ3v) is 2.46. The van der Waals surface area contributed by atoms with Gasteiger partial charge in [-0.25, -0.2) is 4.79 Å². The molecule has 3 N–H and O–H groups in total. The summed E-state index contributed by atoms with van der Waals surface area (Å²) >= 11 is 0. The number of carbonyl (C=O) groups is 2. The Morgan fingerprint density at radius 2 is 1.67 bits per heavy atom. The Kier molecular flexibility index (Phi) is 4.71. The molecule has 1 rings (SSSR count). The normalized spacial score (nSPS) is 11.6. The van der Waals surface area contributed by atoms with Gasteiger partial charge >= 0.3 is 6.03 Å². The van der Waals surface area contributed by atoms with Crippen LogP contribution < -0.4 is 16.0 Å². The lowest BCUT2D eigenvalue weighted by Crippen LogP contribution is -2.44. The first kappa shape index (κ1) is 14.0. The number of amides is 3. The second-order valence-electron chi connectivity index (χ2n) is 4.31. The van der Waals surface area contributed by atoms with Gasteiger partial charge in [-0.15, -0.1) is 0 Å². The maximum absolute atomic E-state index is 11.7. The summed E-state index contributed by atoms with van der Waals surface area (Å²) < 4.78 is 0. The van der Waals surface area contributed by atoms with E-state index in [0.717, 1.165) is 16.8 Å². The fraction of sp³-hybridized carbons (Fsp3) is 0.385. The molecule has 0 spiro atoms. The van der Waals surface area contributed by atoms with E-state index in [1.807, 2.05) is 26.0 Å². The number of hydrogen-bond acceptors (Lipinski definition) is 3. The number of imide groups is 1. The standard InChI is InChI=1S/C13H19N3O2/c1-8-5-9(2)7-11(6-8)15-10(3)12(17)16-13(18)14-4/h5-7,10,15H,1-4H3,(H2,14,16,17,18). The summed E-state index contributed by atoms with van der Waals surface area (Å²) in [5.74, 6) is -0.367. The molecule has 0 saturated carbocycles. The Bertz CT molecular complexity index is 437. The summed E-state index contributed by atoms with van der Waals surface area (Å²) in [6, 6.07) is 4.98. The maximum Gasteiger partial charge on any atom is 0.321 e. The molecule has 0 aromatic heterocycles. The topological polar surface area (TPSA) is 70.2 Å². The lowest BCUT2D eigenvalue weighted by Gasteiger charge is -2.15. The van der Waals surface area contributed by atoms with Crippen molar-refractivity contribution in [2.75, 3.05) is 12.4 Å². The van der Waals surface area contributed by atoms with Gasteiger partial charge in [0.1, 0.15) is 6.04 Å². The molecule has 1 aromatic rings. The van der Waals surface area contributed by atoms with E-state index in [0.29, 0.717) is 0 Å². The molecular formula is C13H19N3O2. The van der Waals surface area contributed by atoms with Crippen LogP contribution in [0.15, 0.2) is 18.2 Å². The van der Waals surface area contributed by atoms with Crippen LogP contribution in [-0.2, 0) is 4.79 Å². The zero-order valence-corrected chi connectivity index (χ0v) is 11.1. The Morgan fingerprint density at radius 3 is 2.17 bits per heavy atom. The van der Waals surface area contributed by atoms with Gasteiger partial charge in [-0.05, 0) is 44.0 Å². The van der Waals surface area contributed by atoms with Gasteiger partial charge in [0.25, 0.3) is 0 Å². The van der Waals surface area contributed by atoms with Crippen LogP contribution in [0.4, 0.5) is 10.5 Å². The highest BCUT2D eigenvalue weighted by atomic mass is 16.2. The van der Waals surface area contributed by atoms with Crippen LogP contribution in [-0.4, -0.2) is 25.0 Å². The van der Waals surface area contributed by atoms with Crippen LogP contribution >= 0.6 is 0 Å². The minimum absolute atomic E-state index is 0.367. The molecule has 0 aliphatic heterocycles. The van der Waals surface area contributed by atoms with Crippen LogP contribution in [0, 0.1) is 13.8 Å². The third kappa shape index (κ3) is 4.08. The second-order valence-corrected chi connectivity index (χ2v) is 4.31. The van der Waals surface area contributed by atoms with E-state index in [9.17, 15) is 9.59 Å². The molecule has 1 unspecified atom stereocenters. The van der Waals surface area contributed by atoms with Gasteiger partial charge in [0, 0.05) is 12.7 Å². The largest absolute Gasteiger partial charge is 0.374 e. The Morgan fingerprint density at radius 1 is 1.11 bits per heavy atom. The van der Waals surface area contributed by atoms with Crippen LogP contribution in [0.25, 0.3) is 0 Å². The van der Waals surface area contributed by atoms with E-state index < -0.39 is 12.1 Å². The van der Waals surface area contributed by atoms with Crippen molar-refractivity contribution in [1.29, 1.82) is 0 Å². The summed E-state index contributed by atoms with van der Waals surface area (Å²) in [4.78, 5) is 22.7. The molecule has 0 radical (unpaired) electrons. The Labute approximate surface area is 107 Å². The molecule has 1 atom stereocenters. The minimum Gasteiger partial charge on any atom is -0.374 e. The van der Waals surface area contributed by atoms with Gasteiger partial charge in [-0.2, -0.15) is 0 Å². The number of urea groups is 1. The minimum atomic E-state index is -0.505. The highest BCUT2D eigenvalue weighted by Crippen LogP contribution is 2.14. The molecule has 0 aliphatic carbocycles. The van der Waals surface area contributed by atoms with Crippen molar-refractivity contribution < 1.29 is 9.59 Å². The summed E-state index contributed by atoms with van der Waals surface area (Å²) in [5, 5.41) is 7.62. The predicted octanol–water partition coefficient (Wildman–Crippen LogP) is 1.56. The number of nitrogens with one attached hydrogen (secondary N) is 3. The zero-order valence-electron chi connectivity index (χ0n) is 11.1. The lowest BCUT2D eigenvalue weighted by atomic mass is 10.1. The summed E-state index contributed by atoms with van der Waals surface area (Å²) in [7, 11) is 1.46. The quantitative estimate of drug-likeness (QED) is 0.761. The van der Waals surface area contributed by atoms with Crippen molar-refractivity contribution in [3.8, 4) is 0 Å². The van der Waals surface area contributed by atoms with Crippen molar-refractivity contribution >= 4 is 17.6 Å². The second kappa shape index (κ2) is 6.05. The van der Waals surface area contributed by atoms with Crippen LogP contribution in [0.3, 0.4) is 0 Å². The monoisotopic (exact) mass is 249 g/mol. The van der Waals surface area contributed by atoms with E-state index in [1.165, 1.54) is 7.05 Å². The molecule has 0 saturated heterocycles. The number of anilines is 1.